The molecule has 3 heterocycles. The van der Waals surface area contributed by atoms with Crippen LogP contribution in [0.3, 0.4) is 0 Å². The molecule has 3 aromatic rings. The maximum Gasteiger partial charge on any atom is 0.266 e. The molecule has 0 unspecified atom stereocenters. The van der Waals surface area contributed by atoms with E-state index in [2.05, 4.69) is 55.3 Å². The van der Waals surface area contributed by atoms with Gasteiger partial charge in [-0.15, -0.1) is 12.4 Å². The van der Waals surface area contributed by atoms with Crippen molar-refractivity contribution in [3.8, 4) is 22.6 Å². The quantitative estimate of drug-likeness (QED) is 0.224. The molecule has 2 amide bonds. The largest absolute Gasteiger partial charge is 1.00 e. The van der Waals surface area contributed by atoms with Gasteiger partial charge in [0.15, 0.2) is 5.60 Å². The second-order valence-corrected chi connectivity index (χ2v) is 13.3. The number of nitrogens with two attached hydrogens (primary N) is 1. The van der Waals surface area contributed by atoms with Crippen LogP contribution >= 0.6 is 12.4 Å². The number of hydrogen-bond acceptors (Lipinski definition) is 6. The average Bonchev–Trinajstić information content (AvgIpc) is 3.78. The number of aromatic nitrogens is 2. The third-order valence-corrected chi connectivity index (χ3v) is 9.22. The molecular weight excluding hydrogens is 653 g/mol. The van der Waals surface area contributed by atoms with E-state index < -0.39 is 5.60 Å². The van der Waals surface area contributed by atoms with Crippen molar-refractivity contribution in [3.63, 3.8) is 0 Å². The van der Waals surface area contributed by atoms with Crippen molar-refractivity contribution >= 4 is 29.9 Å². The Hall–Kier alpha value is -3.51. The van der Waals surface area contributed by atoms with Gasteiger partial charge >= 0.3 is 0 Å². The molecule has 2 aliphatic heterocycles. The molecule has 1 saturated carbocycles. The van der Waals surface area contributed by atoms with E-state index in [1.54, 1.807) is 6.20 Å². The molecule has 6 rings (SSSR count). The summed E-state index contributed by atoms with van der Waals surface area (Å²) in [7, 11) is 0. The summed E-state index contributed by atoms with van der Waals surface area (Å²) in [6.45, 7) is 10.3. The van der Waals surface area contributed by atoms with E-state index in [0.29, 0.717) is 32.0 Å². The first kappa shape index (κ1) is 37.3. The number of aromatic amines is 1. The van der Waals surface area contributed by atoms with Gasteiger partial charge in [-0.3, -0.25) is 14.7 Å². The van der Waals surface area contributed by atoms with Crippen LogP contribution in [0.15, 0.2) is 54.9 Å². The van der Waals surface area contributed by atoms with Crippen LogP contribution < -0.4 is 37.8 Å². The number of hydrogen-bond donors (Lipinski definition) is 3. The molecule has 48 heavy (non-hydrogen) atoms. The van der Waals surface area contributed by atoms with E-state index in [4.69, 9.17) is 9.47 Å². The standard InChI is InChI=1S/C35H47N7O4.2ClH/c1-35(2,34(44)40-16-13-37-14-17-40)46-30-7-3-6-29(20-30)41-15-4-5-26(24-41)33(43)42(28-9-10-28)23-25-8-11-31(27-21-38-39-22-27)32(19-25)45-18-12-36;;/h3,6-8,11,19-22,26,28,37H,4-5,9-10,12-18,23-24,36H2,1-2H3,(H,38,39);2*1H/p+1/t26-;;/m1../s1. The van der Waals surface area contributed by atoms with Crippen LogP contribution in [-0.2, 0) is 16.1 Å². The maximum absolute atomic E-state index is 14.1. The third-order valence-electron chi connectivity index (χ3n) is 9.22. The van der Waals surface area contributed by atoms with Gasteiger partial charge in [0, 0.05) is 54.8 Å². The zero-order valence-electron chi connectivity index (χ0n) is 28.0. The van der Waals surface area contributed by atoms with Crippen molar-refractivity contribution in [2.75, 3.05) is 57.3 Å². The maximum atomic E-state index is 14.1. The van der Waals surface area contributed by atoms with Crippen LogP contribution in [0.25, 0.3) is 11.1 Å². The van der Waals surface area contributed by atoms with E-state index in [9.17, 15) is 9.59 Å². The molecule has 1 aliphatic carbocycles. The molecule has 1 aromatic heterocycles. The molecule has 0 bridgehead atoms. The summed E-state index contributed by atoms with van der Waals surface area (Å²) < 4.78 is 12.4. The fourth-order valence-corrected chi connectivity index (χ4v) is 6.64. The number of piperazine rings is 1. The highest BCUT2D eigenvalue weighted by Crippen LogP contribution is 2.36. The first-order valence-electron chi connectivity index (χ1n) is 16.8. The SMILES string of the molecule is CC(C)(Oc1cccc(N2CCC[C@@H](C(=O)N(Cc3ccc(-c4cn[nH]c4)c(OCC[NH3+])c3)C3CC3)C2)c1)C(=O)N1CC[NH2+]CC1.Cl.[Cl-]. The summed E-state index contributed by atoms with van der Waals surface area (Å²) in [5, 5.41) is 9.21. The highest BCUT2D eigenvalue weighted by atomic mass is 35.5. The first-order valence-corrected chi connectivity index (χ1v) is 16.8. The van der Waals surface area contributed by atoms with Gasteiger partial charge in [-0.25, -0.2) is 0 Å². The Bertz CT molecular complexity index is 1500. The lowest BCUT2D eigenvalue weighted by molar-refractivity contribution is -0.662. The number of nitrogens with zero attached hydrogens (tertiary/aromatic N) is 4. The molecule has 11 nitrogen and oxygen atoms in total. The average molecular weight is 704 g/mol. The number of carbonyl (C=O) groups excluding carboxylic acids is 2. The van der Waals surface area contributed by atoms with E-state index in [-0.39, 0.29) is 48.6 Å². The van der Waals surface area contributed by atoms with Crippen molar-refractivity contribution in [2.24, 2.45) is 5.92 Å². The number of quaternary nitrogens is 2. The van der Waals surface area contributed by atoms with Crippen molar-refractivity contribution in [2.45, 2.75) is 57.7 Å². The van der Waals surface area contributed by atoms with Gasteiger partial charge in [0.1, 0.15) is 24.7 Å². The minimum atomic E-state index is -0.962. The molecule has 2 saturated heterocycles. The molecule has 1 atom stereocenters. The summed E-state index contributed by atoms with van der Waals surface area (Å²) in [5.41, 5.74) is 6.98. The highest BCUT2D eigenvalue weighted by Gasteiger charge is 2.38. The van der Waals surface area contributed by atoms with Crippen LogP contribution in [0.4, 0.5) is 5.69 Å². The number of nitrogens with one attached hydrogen (secondary N) is 1. The number of anilines is 1. The second-order valence-electron chi connectivity index (χ2n) is 13.3. The first-order chi connectivity index (χ1) is 22.3. The zero-order chi connectivity index (χ0) is 32.1. The molecule has 3 fully saturated rings. The second kappa shape index (κ2) is 16.7. The van der Waals surface area contributed by atoms with Gasteiger partial charge in [0.2, 0.25) is 5.91 Å². The predicted octanol–water partition coefficient (Wildman–Crippen LogP) is -0.906. The lowest BCUT2D eigenvalue weighted by atomic mass is 9.95. The Labute approximate surface area is 295 Å². The monoisotopic (exact) mass is 702 g/mol. The fourth-order valence-electron chi connectivity index (χ4n) is 6.64. The molecular formula is C35H50Cl2N7O4+. The summed E-state index contributed by atoms with van der Waals surface area (Å²) >= 11 is 0. The van der Waals surface area contributed by atoms with Gasteiger partial charge in [0.25, 0.3) is 5.91 Å². The van der Waals surface area contributed by atoms with Crippen LogP contribution in [-0.4, -0.2) is 95.9 Å². The Balaban J connectivity index is 0.00000260. The number of benzene rings is 2. The molecule has 3 aliphatic rings. The van der Waals surface area contributed by atoms with E-state index in [0.717, 1.165) is 86.5 Å². The predicted molar refractivity (Wildman–Crippen MR) is 182 cm³/mol. The molecule has 13 heteroatoms. The number of amides is 2. The van der Waals surface area contributed by atoms with E-state index in [1.165, 1.54) is 0 Å². The van der Waals surface area contributed by atoms with Gasteiger partial charge in [-0.2, -0.15) is 5.10 Å². The number of ether oxygens (including phenoxy) is 2. The van der Waals surface area contributed by atoms with Gasteiger partial charge in [0.05, 0.1) is 38.3 Å². The van der Waals surface area contributed by atoms with Gasteiger partial charge in [-0.05, 0) is 63.3 Å². The Kier molecular flexibility index (Phi) is 13.0. The molecule has 6 N–H and O–H groups in total. The number of rotatable bonds is 12. The van der Waals surface area contributed by atoms with Crippen LogP contribution in [0.2, 0.25) is 0 Å². The summed E-state index contributed by atoms with van der Waals surface area (Å²) in [4.78, 5) is 33.7. The lowest BCUT2D eigenvalue weighted by Gasteiger charge is -2.37. The van der Waals surface area contributed by atoms with Gasteiger partial charge in [-0.1, -0.05) is 18.2 Å². The summed E-state index contributed by atoms with van der Waals surface area (Å²) in [6.07, 6.45) is 7.56. The van der Waals surface area contributed by atoms with Crippen LogP contribution in [0.1, 0.15) is 45.1 Å². The number of carbonyl (C=O) groups is 2. The number of halogens is 2. The van der Waals surface area contributed by atoms with Crippen molar-refractivity contribution in [1.82, 2.24) is 20.0 Å². The van der Waals surface area contributed by atoms with Crippen molar-refractivity contribution in [3.05, 3.63) is 60.4 Å². The van der Waals surface area contributed by atoms with Crippen LogP contribution in [0.5, 0.6) is 11.5 Å². The normalized spacial score (nSPS) is 17.9. The third kappa shape index (κ3) is 8.93. The van der Waals surface area contributed by atoms with Gasteiger partial charge < -0.3 is 47.6 Å². The smallest absolute Gasteiger partial charge is 0.266 e. The molecule has 2 aromatic carbocycles. The van der Waals surface area contributed by atoms with Crippen LogP contribution in [0, 0.1) is 5.92 Å². The number of piperidine rings is 1. The minimum Gasteiger partial charge on any atom is -1.00 e. The molecule has 0 spiro atoms. The Morgan fingerprint density at radius 2 is 1.90 bits per heavy atom. The molecule has 0 radical (unpaired) electrons. The highest BCUT2D eigenvalue weighted by molar-refractivity contribution is 5.85. The van der Waals surface area contributed by atoms with E-state index in [1.807, 2.05) is 43.1 Å². The topological polar surface area (TPSA) is 135 Å². The number of H-pyrrole nitrogens is 1. The fraction of sp³-hybridized carbons (Fsp3) is 0.514. The van der Waals surface area contributed by atoms with E-state index >= 15 is 0 Å². The van der Waals surface area contributed by atoms with Crippen molar-refractivity contribution in [1.29, 1.82) is 0 Å². The lowest BCUT2D eigenvalue weighted by Crippen LogP contribution is -3.00. The van der Waals surface area contributed by atoms with Crippen molar-refractivity contribution < 1.29 is 42.5 Å². The Morgan fingerprint density at radius 1 is 1.10 bits per heavy atom. The Morgan fingerprint density at radius 3 is 2.60 bits per heavy atom. The summed E-state index contributed by atoms with van der Waals surface area (Å²) in [5.74, 6) is 1.62. The summed E-state index contributed by atoms with van der Waals surface area (Å²) in [6, 6.07) is 14.5. The molecule has 262 valence electrons. The zero-order valence-corrected chi connectivity index (χ0v) is 29.6. The minimum absolute atomic E-state index is 0.